The predicted octanol–water partition coefficient (Wildman–Crippen LogP) is 2.66. The Labute approximate surface area is 157 Å². The number of anilines is 2. The van der Waals surface area contributed by atoms with Crippen molar-refractivity contribution in [3.8, 4) is 0 Å². The zero-order valence-electron chi connectivity index (χ0n) is 15.3. The summed E-state index contributed by atoms with van der Waals surface area (Å²) in [6.45, 7) is 2.88. The Bertz CT molecular complexity index is 864. The van der Waals surface area contributed by atoms with Crippen LogP contribution in [-0.2, 0) is 9.53 Å². The maximum absolute atomic E-state index is 12.6. The van der Waals surface area contributed by atoms with Crippen molar-refractivity contribution in [2.45, 2.75) is 6.92 Å². The SMILES string of the molecule is COC(=O)c1ccccc1NC(=O)CN1CCN(c2ccc(C)cc2)C1=O. The number of benzene rings is 2. The summed E-state index contributed by atoms with van der Waals surface area (Å²) >= 11 is 0. The summed E-state index contributed by atoms with van der Waals surface area (Å²) in [5, 5.41) is 2.68. The molecule has 1 heterocycles. The van der Waals surface area contributed by atoms with Gasteiger partial charge >= 0.3 is 12.0 Å². The number of carbonyl (C=O) groups is 3. The molecule has 3 rings (SSSR count). The molecule has 3 amide bonds. The fourth-order valence-electron chi connectivity index (χ4n) is 2.94. The summed E-state index contributed by atoms with van der Waals surface area (Å²) in [6, 6.07) is 14.1. The second kappa shape index (κ2) is 7.90. The molecule has 0 atom stereocenters. The van der Waals surface area contributed by atoms with Gasteiger partial charge in [-0.1, -0.05) is 29.8 Å². The van der Waals surface area contributed by atoms with Gasteiger partial charge < -0.3 is 15.0 Å². The summed E-state index contributed by atoms with van der Waals surface area (Å²) in [6.07, 6.45) is 0. The highest BCUT2D eigenvalue weighted by molar-refractivity contribution is 6.03. The van der Waals surface area contributed by atoms with Crippen molar-refractivity contribution in [1.82, 2.24) is 4.90 Å². The van der Waals surface area contributed by atoms with E-state index in [1.807, 2.05) is 31.2 Å². The Hall–Kier alpha value is -3.35. The molecule has 0 bridgehead atoms. The van der Waals surface area contributed by atoms with Gasteiger partial charge in [0, 0.05) is 18.8 Å². The standard InChI is InChI=1S/C20H21N3O4/c1-14-7-9-15(10-8-14)23-12-11-22(20(23)26)13-18(24)21-17-6-4-3-5-16(17)19(25)27-2/h3-10H,11-13H2,1-2H3,(H,21,24). The fraction of sp³-hybridized carbons (Fsp3) is 0.250. The molecule has 1 fully saturated rings. The van der Waals surface area contributed by atoms with Crippen LogP contribution in [0.2, 0.25) is 0 Å². The Morgan fingerprint density at radius 2 is 1.78 bits per heavy atom. The molecule has 7 heteroatoms. The van der Waals surface area contributed by atoms with E-state index in [-0.39, 0.29) is 24.0 Å². The lowest BCUT2D eigenvalue weighted by Gasteiger charge is -2.19. The smallest absolute Gasteiger partial charge is 0.339 e. The number of methoxy groups -OCH3 is 1. The lowest BCUT2D eigenvalue weighted by atomic mass is 10.2. The van der Waals surface area contributed by atoms with E-state index in [1.54, 1.807) is 29.2 Å². The molecule has 0 radical (unpaired) electrons. The molecule has 0 saturated carbocycles. The highest BCUT2D eigenvalue weighted by Gasteiger charge is 2.31. The Kier molecular flexibility index (Phi) is 5.40. The van der Waals surface area contributed by atoms with Crippen molar-refractivity contribution in [1.29, 1.82) is 0 Å². The molecule has 1 aliphatic heterocycles. The molecule has 27 heavy (non-hydrogen) atoms. The van der Waals surface area contributed by atoms with Crippen LogP contribution in [0.25, 0.3) is 0 Å². The van der Waals surface area contributed by atoms with Crippen LogP contribution in [0.4, 0.5) is 16.2 Å². The third kappa shape index (κ3) is 4.08. The number of hydrogen-bond acceptors (Lipinski definition) is 4. The van der Waals surface area contributed by atoms with E-state index in [1.165, 1.54) is 12.0 Å². The number of urea groups is 1. The number of ether oxygens (including phenoxy) is 1. The summed E-state index contributed by atoms with van der Waals surface area (Å²) in [5.41, 5.74) is 2.55. The van der Waals surface area contributed by atoms with Gasteiger partial charge in [0.25, 0.3) is 0 Å². The monoisotopic (exact) mass is 367 g/mol. The minimum Gasteiger partial charge on any atom is -0.465 e. The average Bonchev–Trinajstić information content (AvgIpc) is 3.02. The molecule has 0 aliphatic carbocycles. The molecular formula is C20H21N3O4. The Morgan fingerprint density at radius 3 is 2.48 bits per heavy atom. The summed E-state index contributed by atoms with van der Waals surface area (Å²) in [5.74, 6) is -0.904. The van der Waals surface area contributed by atoms with Crippen molar-refractivity contribution in [3.05, 3.63) is 59.7 Å². The molecule has 0 spiro atoms. The lowest BCUT2D eigenvalue weighted by molar-refractivity contribution is -0.116. The Morgan fingerprint density at radius 1 is 1.07 bits per heavy atom. The number of rotatable bonds is 5. The number of hydrogen-bond donors (Lipinski definition) is 1. The van der Waals surface area contributed by atoms with Crippen molar-refractivity contribution in [3.63, 3.8) is 0 Å². The number of aryl methyl sites for hydroxylation is 1. The third-order valence-corrected chi connectivity index (χ3v) is 4.38. The van der Waals surface area contributed by atoms with Crippen LogP contribution < -0.4 is 10.2 Å². The normalized spacial score (nSPS) is 13.6. The molecule has 1 aliphatic rings. The molecule has 0 unspecified atom stereocenters. The van der Waals surface area contributed by atoms with Gasteiger partial charge in [-0.05, 0) is 31.2 Å². The number of carbonyl (C=O) groups excluding carboxylic acids is 3. The van der Waals surface area contributed by atoms with E-state index in [0.29, 0.717) is 18.8 Å². The van der Waals surface area contributed by atoms with E-state index in [0.717, 1.165) is 11.3 Å². The van der Waals surface area contributed by atoms with Crippen LogP contribution in [0.1, 0.15) is 15.9 Å². The zero-order valence-corrected chi connectivity index (χ0v) is 15.3. The highest BCUT2D eigenvalue weighted by Crippen LogP contribution is 2.21. The summed E-state index contributed by atoms with van der Waals surface area (Å²) in [4.78, 5) is 39.9. The van der Waals surface area contributed by atoms with E-state index < -0.39 is 5.97 Å². The van der Waals surface area contributed by atoms with Crippen molar-refractivity contribution in [2.24, 2.45) is 0 Å². The van der Waals surface area contributed by atoms with Crippen LogP contribution in [0, 0.1) is 6.92 Å². The molecule has 2 aromatic carbocycles. The number of nitrogens with zero attached hydrogens (tertiary/aromatic N) is 2. The molecule has 1 N–H and O–H groups in total. The van der Waals surface area contributed by atoms with Gasteiger partial charge in [0.2, 0.25) is 5.91 Å². The van der Waals surface area contributed by atoms with Crippen LogP contribution in [0.5, 0.6) is 0 Å². The molecule has 2 aromatic rings. The minimum atomic E-state index is -0.534. The first-order valence-corrected chi connectivity index (χ1v) is 8.60. The Balaban J connectivity index is 1.65. The van der Waals surface area contributed by atoms with Crippen molar-refractivity contribution < 1.29 is 19.1 Å². The number of esters is 1. The molecule has 0 aromatic heterocycles. The summed E-state index contributed by atoms with van der Waals surface area (Å²) < 4.78 is 4.72. The van der Waals surface area contributed by atoms with Crippen molar-refractivity contribution in [2.75, 3.05) is 37.0 Å². The maximum Gasteiger partial charge on any atom is 0.339 e. The fourth-order valence-corrected chi connectivity index (χ4v) is 2.94. The number of amides is 3. The first-order valence-electron chi connectivity index (χ1n) is 8.60. The predicted molar refractivity (Wildman–Crippen MR) is 102 cm³/mol. The van der Waals surface area contributed by atoms with Gasteiger partial charge in [-0.3, -0.25) is 9.69 Å². The quantitative estimate of drug-likeness (QED) is 0.824. The lowest BCUT2D eigenvalue weighted by Crippen LogP contribution is -2.37. The second-order valence-electron chi connectivity index (χ2n) is 6.28. The molecule has 7 nitrogen and oxygen atoms in total. The van der Waals surface area contributed by atoms with Gasteiger partial charge in [-0.2, -0.15) is 0 Å². The van der Waals surface area contributed by atoms with E-state index in [4.69, 9.17) is 4.74 Å². The largest absolute Gasteiger partial charge is 0.465 e. The van der Waals surface area contributed by atoms with Gasteiger partial charge in [0.05, 0.1) is 18.4 Å². The first kappa shape index (κ1) is 18.4. The second-order valence-corrected chi connectivity index (χ2v) is 6.28. The molecule has 140 valence electrons. The molecular weight excluding hydrogens is 346 g/mol. The first-order chi connectivity index (χ1) is 13.0. The maximum atomic E-state index is 12.6. The van der Waals surface area contributed by atoms with E-state index >= 15 is 0 Å². The summed E-state index contributed by atoms with van der Waals surface area (Å²) in [7, 11) is 1.28. The van der Waals surface area contributed by atoms with Gasteiger partial charge in [0.15, 0.2) is 0 Å². The van der Waals surface area contributed by atoms with Crippen LogP contribution in [0.3, 0.4) is 0 Å². The topological polar surface area (TPSA) is 79.0 Å². The van der Waals surface area contributed by atoms with Gasteiger partial charge in [-0.25, -0.2) is 9.59 Å². The molecule has 1 saturated heterocycles. The van der Waals surface area contributed by atoms with Crippen LogP contribution in [0.15, 0.2) is 48.5 Å². The number of nitrogens with one attached hydrogen (secondary N) is 1. The van der Waals surface area contributed by atoms with Crippen molar-refractivity contribution >= 4 is 29.3 Å². The number of para-hydroxylation sites is 1. The van der Waals surface area contributed by atoms with E-state index in [2.05, 4.69) is 5.32 Å². The van der Waals surface area contributed by atoms with Gasteiger partial charge in [0.1, 0.15) is 6.54 Å². The zero-order chi connectivity index (χ0) is 19.4. The van der Waals surface area contributed by atoms with E-state index in [9.17, 15) is 14.4 Å². The van der Waals surface area contributed by atoms with Gasteiger partial charge in [-0.15, -0.1) is 0 Å². The van der Waals surface area contributed by atoms with Crippen LogP contribution >= 0.6 is 0 Å². The third-order valence-electron chi connectivity index (χ3n) is 4.38. The average molecular weight is 367 g/mol. The van der Waals surface area contributed by atoms with Crippen LogP contribution in [-0.4, -0.2) is 49.6 Å². The highest BCUT2D eigenvalue weighted by atomic mass is 16.5. The minimum absolute atomic E-state index is 0.0866.